The number of carboxylic acid groups (broad SMARTS) is 1. The molecular weight excluding hydrogens is 569 g/mol. The van der Waals surface area contributed by atoms with E-state index in [2.05, 4.69) is 5.32 Å². The average molecular weight is 597 g/mol. The molecule has 0 spiro atoms. The van der Waals surface area contributed by atoms with E-state index in [1.54, 1.807) is 0 Å². The lowest BCUT2D eigenvalue weighted by molar-refractivity contribution is -0.000977. The summed E-state index contributed by atoms with van der Waals surface area (Å²) in [6.07, 6.45) is 0.627. The number of benzene rings is 3. The van der Waals surface area contributed by atoms with Gasteiger partial charge in [-0.2, -0.15) is 0 Å². The maximum absolute atomic E-state index is 15.1. The molecule has 3 aromatic rings. The van der Waals surface area contributed by atoms with Gasteiger partial charge in [-0.3, -0.25) is 4.31 Å². The number of nitrogens with one attached hydrogen (secondary N) is 1. The Hall–Kier alpha value is -3.28. The van der Waals surface area contributed by atoms with Gasteiger partial charge in [0.15, 0.2) is 0 Å². The predicted molar refractivity (Wildman–Crippen MR) is 145 cm³/mol. The Bertz CT molecular complexity index is 1480. The molecule has 1 heterocycles. The van der Waals surface area contributed by atoms with Crippen molar-refractivity contribution in [3.8, 4) is 0 Å². The van der Waals surface area contributed by atoms with Crippen LogP contribution in [0.25, 0.3) is 0 Å². The lowest BCUT2D eigenvalue weighted by Crippen LogP contribution is -2.42. The average Bonchev–Trinajstić information content (AvgIpc) is 3.38. The van der Waals surface area contributed by atoms with Crippen LogP contribution in [0.3, 0.4) is 0 Å². The van der Waals surface area contributed by atoms with Crippen molar-refractivity contribution in [1.29, 1.82) is 0 Å². The van der Waals surface area contributed by atoms with Crippen molar-refractivity contribution >= 4 is 33.4 Å². The van der Waals surface area contributed by atoms with Crippen molar-refractivity contribution in [1.82, 2.24) is 5.32 Å². The second kappa shape index (κ2) is 12.1. The smallest absolute Gasteiger partial charge is 0.404 e. The van der Waals surface area contributed by atoms with Crippen LogP contribution in [0.1, 0.15) is 43.4 Å². The number of nitrogens with zero attached hydrogens (tertiary/aromatic N) is 1. The number of amides is 1. The van der Waals surface area contributed by atoms with E-state index in [-0.39, 0.29) is 22.9 Å². The Kier molecular flexibility index (Phi) is 8.96. The third-order valence-corrected chi connectivity index (χ3v) is 9.17. The van der Waals surface area contributed by atoms with Gasteiger partial charge in [-0.15, -0.1) is 0 Å². The molecule has 0 bridgehead atoms. The normalized spacial score (nSPS) is 17.9. The van der Waals surface area contributed by atoms with Gasteiger partial charge in [0.2, 0.25) is 0 Å². The molecule has 1 amide bonds. The summed E-state index contributed by atoms with van der Waals surface area (Å²) in [5.74, 6) is -2.38. The van der Waals surface area contributed by atoms with E-state index in [4.69, 9.17) is 21.4 Å². The van der Waals surface area contributed by atoms with E-state index in [1.807, 2.05) is 0 Å². The second-order valence-corrected chi connectivity index (χ2v) is 11.9. The van der Waals surface area contributed by atoms with Crippen LogP contribution in [0.2, 0.25) is 5.02 Å². The molecule has 40 heavy (non-hydrogen) atoms. The first kappa shape index (κ1) is 29.7. The van der Waals surface area contributed by atoms with Gasteiger partial charge in [0.1, 0.15) is 17.5 Å². The van der Waals surface area contributed by atoms with Gasteiger partial charge in [-0.25, -0.2) is 26.4 Å². The van der Waals surface area contributed by atoms with E-state index in [9.17, 15) is 22.0 Å². The summed E-state index contributed by atoms with van der Waals surface area (Å²) in [5, 5.41) is 11.7. The number of anilines is 1. The zero-order chi connectivity index (χ0) is 29.1. The van der Waals surface area contributed by atoms with Gasteiger partial charge in [0.25, 0.3) is 10.0 Å². The van der Waals surface area contributed by atoms with Crippen LogP contribution in [-0.4, -0.2) is 38.4 Å². The minimum atomic E-state index is -4.47. The van der Waals surface area contributed by atoms with Crippen LogP contribution in [0.15, 0.2) is 65.6 Å². The van der Waals surface area contributed by atoms with Crippen molar-refractivity contribution in [3.63, 3.8) is 0 Å². The first-order valence-electron chi connectivity index (χ1n) is 12.6. The first-order valence-corrected chi connectivity index (χ1v) is 14.4. The molecule has 2 atom stereocenters. The molecule has 0 aliphatic carbocycles. The minimum absolute atomic E-state index is 0.0358. The number of ether oxygens (including phenoxy) is 1. The van der Waals surface area contributed by atoms with Crippen LogP contribution in [-0.2, 0) is 21.2 Å². The molecule has 0 aromatic heterocycles. The fraction of sp³-hybridized carbons (Fsp3) is 0.321. The van der Waals surface area contributed by atoms with Crippen LogP contribution in [0.4, 0.5) is 23.7 Å². The van der Waals surface area contributed by atoms with Crippen molar-refractivity contribution in [3.05, 3.63) is 94.3 Å². The standard InChI is InChI=1S/C28H28ClF3N2O5S/c1-18(24-9-5-21(30)15-19(24)11-13-28(12-2-14-39-28)17-33-27(35)36)34(26-16-22(31)6-10-25(26)32)40(37,38)23-7-3-20(29)4-8-23/h3-10,15-16,18,33H,2,11-14,17H2,1H3,(H,35,36)/t18-,28?/m1/s1. The summed E-state index contributed by atoms with van der Waals surface area (Å²) in [5.41, 5.74) is -0.540. The molecule has 7 nitrogen and oxygen atoms in total. The second-order valence-electron chi connectivity index (χ2n) is 9.66. The highest BCUT2D eigenvalue weighted by atomic mass is 35.5. The highest BCUT2D eigenvalue weighted by Crippen LogP contribution is 2.38. The topological polar surface area (TPSA) is 95.9 Å². The van der Waals surface area contributed by atoms with Crippen molar-refractivity contribution in [2.24, 2.45) is 0 Å². The molecule has 3 aromatic carbocycles. The third-order valence-electron chi connectivity index (χ3n) is 7.02. The number of halogens is 4. The summed E-state index contributed by atoms with van der Waals surface area (Å²) >= 11 is 5.94. The van der Waals surface area contributed by atoms with Crippen molar-refractivity contribution < 1.29 is 36.2 Å². The molecule has 0 saturated carbocycles. The van der Waals surface area contributed by atoms with Crippen LogP contribution in [0, 0.1) is 17.5 Å². The number of carbonyl (C=O) groups is 1. The molecule has 2 N–H and O–H groups in total. The van der Waals surface area contributed by atoms with Crippen molar-refractivity contribution in [2.75, 3.05) is 17.5 Å². The summed E-state index contributed by atoms with van der Waals surface area (Å²) in [7, 11) is -4.47. The lowest BCUT2D eigenvalue weighted by atomic mass is 9.89. The highest BCUT2D eigenvalue weighted by molar-refractivity contribution is 7.92. The molecule has 1 aliphatic rings. The van der Waals surface area contributed by atoms with Gasteiger partial charge in [0.05, 0.1) is 22.2 Å². The quantitative estimate of drug-likeness (QED) is 0.280. The van der Waals surface area contributed by atoms with Gasteiger partial charge in [-0.05, 0) is 92.3 Å². The molecule has 12 heteroatoms. The Balaban J connectivity index is 1.77. The Morgan fingerprint density at radius 3 is 2.42 bits per heavy atom. The van der Waals surface area contributed by atoms with Crippen LogP contribution >= 0.6 is 11.6 Å². The zero-order valence-corrected chi connectivity index (χ0v) is 23.1. The van der Waals surface area contributed by atoms with Crippen molar-refractivity contribution in [2.45, 2.75) is 49.1 Å². The third kappa shape index (κ3) is 6.54. The van der Waals surface area contributed by atoms with E-state index in [0.29, 0.717) is 30.6 Å². The largest absolute Gasteiger partial charge is 0.465 e. The fourth-order valence-corrected chi connectivity index (χ4v) is 6.79. The number of hydrogen-bond acceptors (Lipinski definition) is 4. The number of hydrogen-bond donors (Lipinski definition) is 2. The summed E-state index contributed by atoms with van der Waals surface area (Å²) in [4.78, 5) is 10.9. The Labute approximate surface area is 235 Å². The van der Waals surface area contributed by atoms with E-state index in [1.165, 1.54) is 43.3 Å². The number of aryl methyl sites for hydroxylation is 1. The SMILES string of the molecule is C[C@H](c1ccc(F)cc1CCC1(CNC(=O)O)CCCO1)N(c1cc(F)ccc1F)S(=O)(=O)c1ccc(Cl)cc1. The monoisotopic (exact) mass is 596 g/mol. The summed E-state index contributed by atoms with van der Waals surface area (Å²) < 4.78 is 78.3. The maximum Gasteiger partial charge on any atom is 0.404 e. The zero-order valence-electron chi connectivity index (χ0n) is 21.5. The van der Waals surface area contributed by atoms with Gasteiger partial charge >= 0.3 is 6.09 Å². The predicted octanol–water partition coefficient (Wildman–Crippen LogP) is 6.46. The molecule has 1 unspecified atom stereocenters. The van der Waals surface area contributed by atoms with E-state index in [0.717, 1.165) is 35.0 Å². The Morgan fingerprint density at radius 2 is 1.77 bits per heavy atom. The molecule has 4 rings (SSSR count). The Morgan fingerprint density at radius 1 is 1.10 bits per heavy atom. The molecule has 214 valence electrons. The van der Waals surface area contributed by atoms with Crippen LogP contribution in [0.5, 0.6) is 0 Å². The first-order chi connectivity index (χ1) is 18.9. The summed E-state index contributed by atoms with van der Waals surface area (Å²) in [6, 6.07) is 10.5. The fourth-order valence-electron chi connectivity index (χ4n) is 5.03. The molecule has 1 fully saturated rings. The number of sulfonamides is 1. The van der Waals surface area contributed by atoms with E-state index < -0.39 is 50.9 Å². The highest BCUT2D eigenvalue weighted by Gasteiger charge is 2.37. The van der Waals surface area contributed by atoms with Gasteiger partial charge < -0.3 is 15.2 Å². The summed E-state index contributed by atoms with van der Waals surface area (Å²) in [6.45, 7) is 1.98. The number of rotatable bonds is 10. The van der Waals surface area contributed by atoms with Gasteiger partial charge in [-0.1, -0.05) is 17.7 Å². The van der Waals surface area contributed by atoms with Crippen LogP contribution < -0.4 is 9.62 Å². The minimum Gasteiger partial charge on any atom is -0.465 e. The molecule has 0 radical (unpaired) electrons. The molecule has 1 saturated heterocycles. The molecular formula is C28H28ClF3N2O5S. The van der Waals surface area contributed by atoms with Gasteiger partial charge in [0, 0.05) is 24.2 Å². The lowest BCUT2D eigenvalue weighted by Gasteiger charge is -2.33. The molecule has 1 aliphatic heterocycles. The van der Waals surface area contributed by atoms with E-state index >= 15 is 4.39 Å². The maximum atomic E-state index is 15.1.